The van der Waals surface area contributed by atoms with Gasteiger partial charge in [-0.2, -0.15) is 0 Å². The van der Waals surface area contributed by atoms with Gasteiger partial charge in [-0.25, -0.2) is 13.4 Å². The number of thiophene rings is 1. The molecule has 0 saturated carbocycles. The lowest BCUT2D eigenvalue weighted by Gasteiger charge is -2.00. The lowest BCUT2D eigenvalue weighted by molar-refractivity contribution is -0.114. The van der Waals surface area contributed by atoms with Gasteiger partial charge < -0.3 is 10.4 Å². The van der Waals surface area contributed by atoms with Gasteiger partial charge in [0.25, 0.3) is 0 Å². The molecule has 2 heterocycles. The van der Waals surface area contributed by atoms with Crippen LogP contribution in [0.3, 0.4) is 0 Å². The van der Waals surface area contributed by atoms with Gasteiger partial charge >= 0.3 is 0 Å². The molecule has 0 aromatic carbocycles. The van der Waals surface area contributed by atoms with E-state index in [1.807, 2.05) is 6.92 Å². The van der Waals surface area contributed by atoms with Gasteiger partial charge in [0.1, 0.15) is 4.21 Å². The fourth-order valence-corrected chi connectivity index (χ4v) is 5.74. The van der Waals surface area contributed by atoms with Crippen LogP contribution in [0.1, 0.15) is 25.5 Å². The van der Waals surface area contributed by atoms with Crippen LogP contribution < -0.4 is 5.32 Å². The lowest BCUT2D eigenvalue weighted by Crippen LogP contribution is -2.05. The number of amides is 1. The normalized spacial score (nSPS) is 11.6. The second-order valence-corrected chi connectivity index (χ2v) is 9.27. The highest BCUT2D eigenvalue weighted by atomic mass is 32.2. The van der Waals surface area contributed by atoms with Crippen LogP contribution in [0.2, 0.25) is 0 Å². The molecule has 2 rings (SSSR count). The molecule has 126 valence electrons. The molecule has 1 amide bonds. The number of nitrogens with zero attached hydrogens (tertiary/aromatic N) is 1. The van der Waals surface area contributed by atoms with Crippen molar-refractivity contribution < 1.29 is 18.3 Å². The monoisotopic (exact) mass is 374 g/mol. The molecule has 0 fully saturated rings. The summed E-state index contributed by atoms with van der Waals surface area (Å²) in [5.74, 6) is -0.158. The number of carbonyl (C=O) groups excluding carboxylic acids is 1. The first-order valence-electron chi connectivity index (χ1n) is 7.01. The molecule has 0 atom stereocenters. The van der Waals surface area contributed by atoms with E-state index in [4.69, 9.17) is 5.11 Å². The maximum atomic E-state index is 12.2. The van der Waals surface area contributed by atoms with Gasteiger partial charge in [-0.1, -0.05) is 11.3 Å². The molecular formula is C14H18N2O4S3. The van der Waals surface area contributed by atoms with Crippen molar-refractivity contribution in [3.05, 3.63) is 17.1 Å². The number of nitrogens with one attached hydrogen (secondary N) is 1. The van der Waals surface area contributed by atoms with Crippen LogP contribution in [0.4, 0.5) is 5.13 Å². The maximum absolute atomic E-state index is 12.2. The van der Waals surface area contributed by atoms with Crippen LogP contribution in [0.5, 0.6) is 0 Å². The fraction of sp³-hybridized carbons (Fsp3) is 0.429. The van der Waals surface area contributed by atoms with Gasteiger partial charge in [0.2, 0.25) is 5.91 Å². The number of sulfone groups is 1. The average Bonchev–Trinajstić information content (AvgIpc) is 3.05. The first-order chi connectivity index (χ1) is 10.8. The number of rotatable bonds is 7. The van der Waals surface area contributed by atoms with Crippen molar-refractivity contribution in [2.24, 2.45) is 0 Å². The van der Waals surface area contributed by atoms with Crippen molar-refractivity contribution in [1.82, 2.24) is 4.98 Å². The standard InChI is InChI=1S/C14H18N2O4S3/c1-9-13(22-14(15-9)16-10(2)18)11-7-12(21-8-11)23(19,20)6-4-3-5-17/h7-8,17H,3-6H2,1-2H3,(H,15,16,18). The molecule has 2 N–H and O–H groups in total. The highest BCUT2D eigenvalue weighted by molar-refractivity contribution is 7.93. The predicted molar refractivity (Wildman–Crippen MR) is 92.8 cm³/mol. The maximum Gasteiger partial charge on any atom is 0.223 e. The first-order valence-corrected chi connectivity index (χ1v) is 10.4. The van der Waals surface area contributed by atoms with Crippen LogP contribution in [0.15, 0.2) is 15.7 Å². The molecule has 2 aromatic rings. The summed E-state index contributed by atoms with van der Waals surface area (Å²) in [7, 11) is -3.32. The van der Waals surface area contributed by atoms with E-state index in [1.165, 1.54) is 29.6 Å². The van der Waals surface area contributed by atoms with Crippen molar-refractivity contribution >= 4 is 43.5 Å². The summed E-state index contributed by atoms with van der Waals surface area (Å²) >= 11 is 2.50. The number of hydrogen-bond acceptors (Lipinski definition) is 7. The van der Waals surface area contributed by atoms with E-state index < -0.39 is 9.84 Å². The number of aromatic nitrogens is 1. The number of aliphatic hydroxyl groups excluding tert-OH is 1. The number of thiazole rings is 1. The molecular weight excluding hydrogens is 356 g/mol. The summed E-state index contributed by atoms with van der Waals surface area (Å²) in [5.41, 5.74) is 1.54. The second-order valence-electron chi connectivity index (χ2n) is 5.02. The minimum Gasteiger partial charge on any atom is -0.396 e. The number of aryl methyl sites for hydroxylation is 1. The Labute approximate surface area is 143 Å². The summed E-state index contributed by atoms with van der Waals surface area (Å²) in [4.78, 5) is 16.2. The molecule has 0 unspecified atom stereocenters. The quantitative estimate of drug-likeness (QED) is 0.726. The van der Waals surface area contributed by atoms with Gasteiger partial charge in [0, 0.05) is 24.5 Å². The number of carbonyl (C=O) groups is 1. The van der Waals surface area contributed by atoms with Gasteiger partial charge in [0.05, 0.1) is 16.3 Å². The molecule has 0 aliphatic carbocycles. The molecule has 23 heavy (non-hydrogen) atoms. The first kappa shape index (κ1) is 18.1. The Bertz CT molecular complexity index is 793. The van der Waals surface area contributed by atoms with Crippen LogP contribution in [0, 0.1) is 6.92 Å². The molecule has 0 radical (unpaired) electrons. The minimum atomic E-state index is -3.32. The number of hydrogen-bond donors (Lipinski definition) is 2. The van der Waals surface area contributed by atoms with E-state index in [0.29, 0.717) is 22.2 Å². The predicted octanol–water partition coefficient (Wildman–Crippen LogP) is 2.68. The lowest BCUT2D eigenvalue weighted by atomic mass is 10.2. The van der Waals surface area contributed by atoms with Crippen molar-refractivity contribution in [3.8, 4) is 10.4 Å². The Morgan fingerprint density at radius 3 is 2.78 bits per heavy atom. The molecule has 0 aliphatic heterocycles. The van der Waals surface area contributed by atoms with Crippen LogP contribution >= 0.6 is 22.7 Å². The van der Waals surface area contributed by atoms with E-state index in [9.17, 15) is 13.2 Å². The molecule has 0 bridgehead atoms. The van der Waals surface area contributed by atoms with E-state index in [1.54, 1.807) is 11.4 Å². The Morgan fingerprint density at radius 2 is 2.13 bits per heavy atom. The van der Waals surface area contributed by atoms with E-state index >= 15 is 0 Å². The largest absolute Gasteiger partial charge is 0.396 e. The zero-order valence-corrected chi connectivity index (χ0v) is 15.3. The Hall–Kier alpha value is -1.29. The molecule has 9 heteroatoms. The highest BCUT2D eigenvalue weighted by Crippen LogP contribution is 2.36. The van der Waals surface area contributed by atoms with E-state index in [2.05, 4.69) is 10.3 Å². The third-order valence-electron chi connectivity index (χ3n) is 3.04. The van der Waals surface area contributed by atoms with Crippen molar-refractivity contribution in [3.63, 3.8) is 0 Å². The summed E-state index contributed by atoms with van der Waals surface area (Å²) in [6.07, 6.45) is 0.920. The van der Waals surface area contributed by atoms with E-state index in [-0.39, 0.29) is 18.3 Å². The second kappa shape index (κ2) is 7.52. The Morgan fingerprint density at radius 1 is 1.39 bits per heavy atom. The summed E-state index contributed by atoms with van der Waals surface area (Å²) in [5, 5.41) is 13.7. The number of aliphatic hydroxyl groups is 1. The third-order valence-corrected chi connectivity index (χ3v) is 7.50. The topological polar surface area (TPSA) is 96.4 Å². The van der Waals surface area contributed by atoms with Crippen LogP contribution in [0.25, 0.3) is 10.4 Å². The van der Waals surface area contributed by atoms with Gasteiger partial charge in [0.15, 0.2) is 15.0 Å². The Kier molecular flexibility index (Phi) is 5.90. The summed E-state index contributed by atoms with van der Waals surface area (Å²) in [6.45, 7) is 3.24. The fourth-order valence-electron chi connectivity index (χ4n) is 1.97. The molecule has 0 aliphatic rings. The van der Waals surface area contributed by atoms with Crippen LogP contribution in [-0.4, -0.2) is 36.8 Å². The SMILES string of the molecule is CC(=O)Nc1nc(C)c(-c2csc(S(=O)(=O)CCCCO)c2)s1. The summed E-state index contributed by atoms with van der Waals surface area (Å²) < 4.78 is 24.8. The van der Waals surface area contributed by atoms with Crippen LogP contribution in [-0.2, 0) is 14.6 Å². The van der Waals surface area contributed by atoms with Crippen molar-refractivity contribution in [2.75, 3.05) is 17.7 Å². The molecule has 2 aromatic heterocycles. The third kappa shape index (κ3) is 4.60. The van der Waals surface area contributed by atoms with Gasteiger partial charge in [-0.3, -0.25) is 4.79 Å². The molecule has 6 nitrogen and oxygen atoms in total. The van der Waals surface area contributed by atoms with Crippen molar-refractivity contribution in [2.45, 2.75) is 30.9 Å². The average molecular weight is 375 g/mol. The van der Waals surface area contributed by atoms with Gasteiger partial charge in [-0.15, -0.1) is 11.3 Å². The molecule has 0 saturated heterocycles. The number of anilines is 1. The minimum absolute atomic E-state index is 0.00278. The summed E-state index contributed by atoms with van der Waals surface area (Å²) in [6, 6.07) is 1.65. The zero-order chi connectivity index (χ0) is 17.0. The highest BCUT2D eigenvalue weighted by Gasteiger charge is 2.19. The Balaban J connectivity index is 2.22. The van der Waals surface area contributed by atoms with Crippen molar-refractivity contribution in [1.29, 1.82) is 0 Å². The smallest absolute Gasteiger partial charge is 0.223 e. The van der Waals surface area contributed by atoms with Gasteiger partial charge in [-0.05, 0) is 25.8 Å². The molecule has 0 spiro atoms. The number of unbranched alkanes of at least 4 members (excludes halogenated alkanes) is 1. The van der Waals surface area contributed by atoms with E-state index in [0.717, 1.165) is 16.1 Å². The zero-order valence-electron chi connectivity index (χ0n) is 12.8.